The Kier molecular flexibility index (Phi) is 7.93. The largest absolute Gasteiger partial charge is 0.508 e. The molecule has 0 saturated carbocycles. The van der Waals surface area contributed by atoms with Crippen LogP contribution in [0.15, 0.2) is 103 Å². The smallest absolute Gasteiger partial charge is 0.338 e. The Labute approximate surface area is 199 Å². The van der Waals surface area contributed by atoms with Gasteiger partial charge in [-0.15, -0.1) is 0 Å². The molecule has 0 aromatic heterocycles. The number of ether oxygens (including phenoxy) is 3. The number of hydrogen-bond acceptors (Lipinski definition) is 5. The van der Waals surface area contributed by atoms with E-state index in [0.29, 0.717) is 18.8 Å². The van der Waals surface area contributed by atoms with Gasteiger partial charge >= 0.3 is 5.97 Å². The van der Waals surface area contributed by atoms with Crippen LogP contribution in [-0.2, 0) is 22.7 Å². The first-order valence-corrected chi connectivity index (χ1v) is 11.1. The van der Waals surface area contributed by atoms with Gasteiger partial charge in [-0.25, -0.2) is 4.79 Å². The number of aromatic hydroxyl groups is 1. The normalized spacial score (nSPS) is 10.6. The van der Waals surface area contributed by atoms with E-state index in [1.807, 2.05) is 84.9 Å². The van der Waals surface area contributed by atoms with E-state index in [1.165, 1.54) is 6.07 Å². The monoisotopic (exact) mass is 454 g/mol. The second-order valence-corrected chi connectivity index (χ2v) is 7.74. The van der Waals surface area contributed by atoms with Crippen LogP contribution in [0.4, 0.5) is 0 Å². The standard InChI is InChI=1S/C29H26O5/c30-27-18-25(24-11-13-28(14-12-24)34-21-23-9-5-2-6-10-23)17-26(19-27)29(31)33-16-15-32-20-22-7-3-1-4-8-22/h1-14,17-19,30H,15-16,20-21H2. The van der Waals surface area contributed by atoms with Crippen molar-refractivity contribution in [3.05, 3.63) is 120 Å². The van der Waals surface area contributed by atoms with Crippen LogP contribution in [0, 0.1) is 0 Å². The third-order valence-electron chi connectivity index (χ3n) is 5.16. The molecule has 0 bridgehead atoms. The first kappa shape index (κ1) is 23.1. The zero-order valence-electron chi connectivity index (χ0n) is 18.7. The molecule has 4 aromatic rings. The van der Waals surface area contributed by atoms with Crippen LogP contribution in [0.2, 0.25) is 0 Å². The molecule has 172 valence electrons. The molecule has 5 nitrogen and oxygen atoms in total. The Balaban J connectivity index is 1.31. The Morgan fingerprint density at radius 1 is 0.676 bits per heavy atom. The van der Waals surface area contributed by atoms with Gasteiger partial charge in [0.15, 0.2) is 0 Å². The quantitative estimate of drug-likeness (QED) is 0.235. The number of phenols is 1. The SMILES string of the molecule is O=C(OCCOCc1ccccc1)c1cc(O)cc(-c2ccc(OCc3ccccc3)cc2)c1. The predicted molar refractivity (Wildman–Crippen MR) is 131 cm³/mol. The second-order valence-electron chi connectivity index (χ2n) is 7.74. The van der Waals surface area contributed by atoms with Crippen molar-refractivity contribution in [2.24, 2.45) is 0 Å². The van der Waals surface area contributed by atoms with E-state index in [1.54, 1.807) is 12.1 Å². The van der Waals surface area contributed by atoms with Crippen LogP contribution in [0.1, 0.15) is 21.5 Å². The maximum atomic E-state index is 12.5. The fourth-order valence-electron chi connectivity index (χ4n) is 3.42. The lowest BCUT2D eigenvalue weighted by Gasteiger charge is -2.10. The van der Waals surface area contributed by atoms with Crippen molar-refractivity contribution in [1.29, 1.82) is 0 Å². The van der Waals surface area contributed by atoms with Crippen LogP contribution < -0.4 is 4.74 Å². The third kappa shape index (κ3) is 6.70. The number of esters is 1. The Morgan fingerprint density at radius 2 is 1.32 bits per heavy atom. The molecule has 0 amide bonds. The highest BCUT2D eigenvalue weighted by atomic mass is 16.6. The van der Waals surface area contributed by atoms with Gasteiger partial charge < -0.3 is 19.3 Å². The van der Waals surface area contributed by atoms with E-state index in [9.17, 15) is 9.90 Å². The third-order valence-corrected chi connectivity index (χ3v) is 5.16. The fraction of sp³-hybridized carbons (Fsp3) is 0.138. The molecular formula is C29H26O5. The summed E-state index contributed by atoms with van der Waals surface area (Å²) in [6, 6.07) is 32.0. The lowest BCUT2D eigenvalue weighted by atomic mass is 10.0. The average molecular weight is 455 g/mol. The lowest BCUT2D eigenvalue weighted by Crippen LogP contribution is -2.11. The fourth-order valence-corrected chi connectivity index (χ4v) is 3.42. The van der Waals surface area contributed by atoms with Gasteiger partial charge in [0.1, 0.15) is 24.7 Å². The van der Waals surface area contributed by atoms with E-state index in [-0.39, 0.29) is 24.5 Å². The molecule has 0 aliphatic heterocycles. The van der Waals surface area contributed by atoms with E-state index in [0.717, 1.165) is 22.4 Å². The highest BCUT2D eigenvalue weighted by Gasteiger charge is 2.11. The zero-order valence-corrected chi connectivity index (χ0v) is 18.7. The van der Waals surface area contributed by atoms with Crippen molar-refractivity contribution < 1.29 is 24.1 Å². The van der Waals surface area contributed by atoms with Crippen LogP contribution in [0.25, 0.3) is 11.1 Å². The molecule has 1 N–H and O–H groups in total. The van der Waals surface area contributed by atoms with Crippen LogP contribution in [0.3, 0.4) is 0 Å². The van der Waals surface area contributed by atoms with Gasteiger partial charge in [0.25, 0.3) is 0 Å². The molecule has 0 radical (unpaired) electrons. The Bertz CT molecular complexity index is 1190. The van der Waals surface area contributed by atoms with Crippen LogP contribution in [-0.4, -0.2) is 24.3 Å². The van der Waals surface area contributed by atoms with Gasteiger partial charge in [-0.1, -0.05) is 72.8 Å². The molecule has 0 heterocycles. The molecular weight excluding hydrogens is 428 g/mol. The first-order chi connectivity index (χ1) is 16.7. The summed E-state index contributed by atoms with van der Waals surface area (Å²) in [6.07, 6.45) is 0. The molecule has 0 spiro atoms. The van der Waals surface area contributed by atoms with Crippen molar-refractivity contribution >= 4 is 5.97 Å². The molecule has 0 aliphatic carbocycles. The van der Waals surface area contributed by atoms with Gasteiger partial charge in [0.05, 0.1) is 18.8 Å². The summed E-state index contributed by atoms with van der Waals surface area (Å²) in [5.74, 6) is 0.223. The molecule has 4 rings (SSSR count). The maximum absolute atomic E-state index is 12.5. The van der Waals surface area contributed by atoms with Crippen molar-refractivity contribution in [3.63, 3.8) is 0 Å². The molecule has 34 heavy (non-hydrogen) atoms. The minimum Gasteiger partial charge on any atom is -0.508 e. The predicted octanol–water partition coefficient (Wildman–Crippen LogP) is 6.01. The van der Waals surface area contributed by atoms with Crippen molar-refractivity contribution in [2.75, 3.05) is 13.2 Å². The van der Waals surface area contributed by atoms with Gasteiger partial charge in [0.2, 0.25) is 0 Å². The number of carbonyl (C=O) groups excluding carboxylic acids is 1. The highest BCUT2D eigenvalue weighted by Crippen LogP contribution is 2.28. The number of carbonyl (C=O) groups is 1. The first-order valence-electron chi connectivity index (χ1n) is 11.1. The van der Waals surface area contributed by atoms with Crippen LogP contribution in [0.5, 0.6) is 11.5 Å². The Morgan fingerprint density at radius 3 is 2.00 bits per heavy atom. The summed E-state index contributed by atoms with van der Waals surface area (Å²) in [7, 11) is 0. The number of phenolic OH excluding ortho intramolecular Hbond substituents is 1. The number of benzene rings is 4. The lowest BCUT2D eigenvalue weighted by molar-refractivity contribution is 0.0288. The molecule has 5 heteroatoms. The van der Waals surface area contributed by atoms with Crippen molar-refractivity contribution in [3.8, 4) is 22.6 Å². The van der Waals surface area contributed by atoms with Gasteiger partial charge in [-0.05, 0) is 52.6 Å². The molecule has 0 unspecified atom stereocenters. The van der Waals surface area contributed by atoms with Crippen molar-refractivity contribution in [2.45, 2.75) is 13.2 Å². The number of hydrogen-bond donors (Lipinski definition) is 1. The second kappa shape index (κ2) is 11.7. The summed E-state index contributed by atoms with van der Waals surface area (Å²) in [6.45, 7) is 1.36. The summed E-state index contributed by atoms with van der Waals surface area (Å²) in [5.41, 5.74) is 3.99. The topological polar surface area (TPSA) is 65.0 Å². The van der Waals surface area contributed by atoms with E-state index < -0.39 is 5.97 Å². The molecule has 0 atom stereocenters. The summed E-state index contributed by atoms with van der Waals surface area (Å²) < 4.78 is 16.7. The van der Waals surface area contributed by atoms with Crippen LogP contribution >= 0.6 is 0 Å². The summed E-state index contributed by atoms with van der Waals surface area (Å²) in [4.78, 5) is 12.5. The highest BCUT2D eigenvalue weighted by molar-refractivity contribution is 5.91. The zero-order chi connectivity index (χ0) is 23.6. The van der Waals surface area contributed by atoms with Gasteiger partial charge in [-0.2, -0.15) is 0 Å². The molecule has 0 aliphatic rings. The molecule has 0 saturated heterocycles. The van der Waals surface area contributed by atoms with E-state index in [4.69, 9.17) is 14.2 Å². The van der Waals surface area contributed by atoms with Gasteiger partial charge in [-0.3, -0.25) is 0 Å². The minimum absolute atomic E-state index is 0.00539. The van der Waals surface area contributed by atoms with E-state index >= 15 is 0 Å². The van der Waals surface area contributed by atoms with Crippen molar-refractivity contribution in [1.82, 2.24) is 0 Å². The molecule has 0 fully saturated rings. The molecule has 4 aromatic carbocycles. The average Bonchev–Trinajstić information content (AvgIpc) is 2.88. The Hall–Kier alpha value is -4.09. The van der Waals surface area contributed by atoms with E-state index in [2.05, 4.69) is 0 Å². The summed E-state index contributed by atoms with van der Waals surface area (Å²) >= 11 is 0. The number of rotatable bonds is 10. The maximum Gasteiger partial charge on any atom is 0.338 e. The van der Waals surface area contributed by atoms with Gasteiger partial charge in [0, 0.05) is 0 Å². The summed E-state index contributed by atoms with van der Waals surface area (Å²) in [5, 5.41) is 10.1. The minimum atomic E-state index is -0.511.